The molecule has 0 aliphatic heterocycles. The van der Waals surface area contributed by atoms with Crippen LogP contribution in [0.25, 0.3) is 0 Å². The van der Waals surface area contributed by atoms with Gasteiger partial charge < -0.3 is 15.8 Å². The van der Waals surface area contributed by atoms with Crippen LogP contribution in [0.4, 0.5) is 13.2 Å². The minimum atomic E-state index is -4.50. The second kappa shape index (κ2) is 9.75. The van der Waals surface area contributed by atoms with Gasteiger partial charge in [0.15, 0.2) is 0 Å². The van der Waals surface area contributed by atoms with Gasteiger partial charge in [0.2, 0.25) is 0 Å². The summed E-state index contributed by atoms with van der Waals surface area (Å²) in [5.74, 6) is -0.669. The molecule has 1 heterocycles. The number of carbonyl (C=O) groups is 1. The van der Waals surface area contributed by atoms with Crippen molar-refractivity contribution in [3.05, 3.63) is 45.9 Å². The number of thiazole rings is 1. The molecule has 3 N–H and O–H groups in total. The van der Waals surface area contributed by atoms with Gasteiger partial charge in [-0.25, -0.2) is 4.98 Å². The highest BCUT2D eigenvalue weighted by atomic mass is 35.5. The van der Waals surface area contributed by atoms with Crippen LogP contribution in [0.2, 0.25) is 0 Å². The number of alkyl halides is 3. The lowest BCUT2D eigenvalue weighted by molar-refractivity contribution is -0.139. The molecule has 0 saturated carbocycles. The summed E-state index contributed by atoms with van der Waals surface area (Å²) in [4.78, 5) is 16.1. The van der Waals surface area contributed by atoms with E-state index in [0.29, 0.717) is 11.4 Å². The van der Waals surface area contributed by atoms with Gasteiger partial charge in [-0.1, -0.05) is 19.1 Å². The molecule has 0 fully saturated rings. The molecule has 144 valence electrons. The first-order valence-electron chi connectivity index (χ1n) is 7.60. The molecule has 1 amide bonds. The van der Waals surface area contributed by atoms with Crippen LogP contribution in [0.15, 0.2) is 29.6 Å². The number of benzene rings is 1. The quantitative estimate of drug-likeness (QED) is 0.732. The number of carbonyl (C=O) groups excluding carboxylic acids is 1. The Morgan fingerprint density at radius 1 is 1.38 bits per heavy atom. The lowest BCUT2D eigenvalue weighted by Crippen LogP contribution is -2.35. The van der Waals surface area contributed by atoms with Crippen LogP contribution >= 0.6 is 23.7 Å². The molecule has 1 aromatic carbocycles. The van der Waals surface area contributed by atoms with E-state index in [0.717, 1.165) is 6.07 Å². The Morgan fingerprint density at radius 3 is 2.65 bits per heavy atom. The maximum atomic E-state index is 13.0. The van der Waals surface area contributed by atoms with E-state index in [1.807, 2.05) is 0 Å². The largest absolute Gasteiger partial charge is 0.488 e. The van der Waals surface area contributed by atoms with Crippen molar-refractivity contribution in [3.8, 4) is 5.75 Å². The van der Waals surface area contributed by atoms with E-state index >= 15 is 0 Å². The first kappa shape index (κ1) is 22.2. The minimum Gasteiger partial charge on any atom is -0.488 e. The van der Waals surface area contributed by atoms with Gasteiger partial charge in [-0.05, 0) is 18.6 Å². The average Bonchev–Trinajstić information content (AvgIpc) is 3.07. The monoisotopic (exact) mass is 409 g/mol. The van der Waals surface area contributed by atoms with Crippen LogP contribution in [0, 0.1) is 0 Å². The number of aromatic nitrogens is 1. The van der Waals surface area contributed by atoms with Gasteiger partial charge in [0.05, 0.1) is 12.1 Å². The zero-order chi connectivity index (χ0) is 18.4. The molecular formula is C16H19ClF3N3O2S. The number of para-hydroxylation sites is 1. The minimum absolute atomic E-state index is 0. The fourth-order valence-electron chi connectivity index (χ4n) is 2.06. The van der Waals surface area contributed by atoms with Crippen molar-refractivity contribution in [2.75, 3.05) is 6.54 Å². The Labute approximate surface area is 159 Å². The van der Waals surface area contributed by atoms with Crippen LogP contribution in [0.3, 0.4) is 0 Å². The summed E-state index contributed by atoms with van der Waals surface area (Å²) in [6.45, 7) is 2.08. The van der Waals surface area contributed by atoms with E-state index < -0.39 is 23.8 Å². The Bertz CT molecular complexity index is 725. The van der Waals surface area contributed by atoms with E-state index in [1.165, 1.54) is 29.5 Å². The van der Waals surface area contributed by atoms with Crippen molar-refractivity contribution >= 4 is 29.7 Å². The van der Waals surface area contributed by atoms with Crippen molar-refractivity contribution in [2.45, 2.75) is 32.2 Å². The van der Waals surface area contributed by atoms with Crippen LogP contribution in [-0.4, -0.2) is 23.5 Å². The average molecular weight is 410 g/mol. The molecule has 0 aliphatic carbocycles. The maximum Gasteiger partial charge on any atom is 0.419 e. The molecule has 0 bridgehead atoms. The first-order valence-corrected chi connectivity index (χ1v) is 8.48. The Hall–Kier alpha value is -1.84. The van der Waals surface area contributed by atoms with Crippen LogP contribution in [0.1, 0.15) is 34.4 Å². The molecule has 10 heteroatoms. The zero-order valence-corrected chi connectivity index (χ0v) is 15.5. The summed E-state index contributed by atoms with van der Waals surface area (Å²) in [5.41, 5.74) is 4.84. The molecule has 26 heavy (non-hydrogen) atoms. The number of nitrogens with zero attached hydrogens (tertiary/aromatic N) is 1. The molecular weight excluding hydrogens is 391 g/mol. The molecule has 1 atom stereocenters. The number of ether oxygens (including phenoxy) is 1. The highest BCUT2D eigenvalue weighted by molar-refractivity contribution is 7.09. The summed E-state index contributed by atoms with van der Waals surface area (Å²) in [6.07, 6.45) is -4.67. The van der Waals surface area contributed by atoms with Crippen LogP contribution in [0.5, 0.6) is 5.75 Å². The lowest BCUT2D eigenvalue weighted by Gasteiger charge is -2.21. The topological polar surface area (TPSA) is 77.2 Å². The summed E-state index contributed by atoms with van der Waals surface area (Å²) < 4.78 is 44.5. The van der Waals surface area contributed by atoms with Crippen molar-refractivity contribution in [1.82, 2.24) is 10.3 Å². The summed E-state index contributed by atoms with van der Waals surface area (Å²) in [7, 11) is 0. The lowest BCUT2D eigenvalue weighted by atomic mass is 10.2. The van der Waals surface area contributed by atoms with Crippen molar-refractivity contribution < 1.29 is 22.7 Å². The van der Waals surface area contributed by atoms with E-state index in [4.69, 9.17) is 10.5 Å². The third-order valence-corrected chi connectivity index (χ3v) is 4.26. The highest BCUT2D eigenvalue weighted by Gasteiger charge is 2.34. The molecule has 0 saturated heterocycles. The standard InChI is InChI=1S/C16H18F3N3O2S.ClH/c1-2-10(8-21-15(23)12-9-25-14(7-20)22-12)24-13-6-4-3-5-11(13)16(17,18)19;/h3-6,9-10H,2,7-8,20H2,1H3,(H,21,23);1H. The number of nitrogens with one attached hydrogen (secondary N) is 1. The summed E-state index contributed by atoms with van der Waals surface area (Å²) in [5, 5.41) is 4.84. The van der Waals surface area contributed by atoms with Gasteiger partial charge in [0.1, 0.15) is 22.6 Å². The third kappa shape index (κ3) is 5.86. The molecule has 1 unspecified atom stereocenters. The summed E-state index contributed by atoms with van der Waals surface area (Å²) >= 11 is 1.27. The van der Waals surface area contributed by atoms with Gasteiger partial charge >= 0.3 is 6.18 Å². The highest BCUT2D eigenvalue weighted by Crippen LogP contribution is 2.36. The molecule has 0 aliphatic rings. The molecule has 1 aromatic heterocycles. The van der Waals surface area contributed by atoms with Gasteiger partial charge in [0.25, 0.3) is 5.91 Å². The predicted octanol–water partition coefficient (Wildman–Crippen LogP) is 3.63. The van der Waals surface area contributed by atoms with Gasteiger partial charge in [0, 0.05) is 11.9 Å². The Balaban J connectivity index is 0.00000338. The molecule has 0 radical (unpaired) electrons. The van der Waals surface area contributed by atoms with E-state index in [9.17, 15) is 18.0 Å². The second-order valence-electron chi connectivity index (χ2n) is 5.18. The van der Waals surface area contributed by atoms with E-state index in [2.05, 4.69) is 10.3 Å². The molecule has 0 spiro atoms. The predicted molar refractivity (Wildman–Crippen MR) is 95.7 cm³/mol. The normalized spacial score (nSPS) is 12.2. The number of hydrogen-bond donors (Lipinski definition) is 2. The third-order valence-electron chi connectivity index (χ3n) is 3.39. The SMILES string of the molecule is CCC(CNC(=O)c1csc(CN)n1)Oc1ccccc1C(F)(F)F.Cl. The van der Waals surface area contributed by atoms with Crippen molar-refractivity contribution in [2.24, 2.45) is 5.73 Å². The van der Waals surface area contributed by atoms with Crippen LogP contribution < -0.4 is 15.8 Å². The Morgan fingerprint density at radius 2 is 2.08 bits per heavy atom. The number of amides is 1. The second-order valence-corrected chi connectivity index (χ2v) is 6.13. The maximum absolute atomic E-state index is 13.0. The van der Waals surface area contributed by atoms with Crippen molar-refractivity contribution in [3.63, 3.8) is 0 Å². The Kier molecular flexibility index (Phi) is 8.32. The number of nitrogens with two attached hydrogens (primary N) is 1. The molecule has 5 nitrogen and oxygen atoms in total. The van der Waals surface area contributed by atoms with Crippen LogP contribution in [-0.2, 0) is 12.7 Å². The van der Waals surface area contributed by atoms with E-state index in [-0.39, 0.29) is 36.9 Å². The van der Waals surface area contributed by atoms with Gasteiger partial charge in [-0.2, -0.15) is 13.2 Å². The smallest absolute Gasteiger partial charge is 0.419 e. The molecule has 2 rings (SSSR count). The first-order chi connectivity index (χ1) is 11.8. The van der Waals surface area contributed by atoms with E-state index in [1.54, 1.807) is 12.3 Å². The van der Waals surface area contributed by atoms with Crippen molar-refractivity contribution in [1.29, 1.82) is 0 Å². The number of rotatable bonds is 7. The molecule has 2 aromatic rings. The van der Waals surface area contributed by atoms with Gasteiger partial charge in [-0.3, -0.25) is 4.79 Å². The number of hydrogen-bond acceptors (Lipinski definition) is 5. The van der Waals surface area contributed by atoms with Gasteiger partial charge in [-0.15, -0.1) is 23.7 Å². The fraction of sp³-hybridized carbons (Fsp3) is 0.375. The zero-order valence-electron chi connectivity index (χ0n) is 13.9. The number of halogens is 4. The fourth-order valence-corrected chi connectivity index (χ4v) is 2.71. The summed E-state index contributed by atoms with van der Waals surface area (Å²) in [6, 6.07) is 5.00.